The third kappa shape index (κ3) is 14.8. The third-order valence-corrected chi connectivity index (χ3v) is 23.2. The van der Waals surface area contributed by atoms with Gasteiger partial charge in [0, 0.05) is 196 Å². The van der Waals surface area contributed by atoms with Crippen molar-refractivity contribution in [2.75, 3.05) is 101 Å². The lowest BCUT2D eigenvalue weighted by Gasteiger charge is -2.17. The number of ether oxygens (including phenoxy) is 5. The molecule has 5 aromatic carbocycles. The van der Waals surface area contributed by atoms with Crippen LogP contribution in [0.5, 0.6) is 63.2 Å². The van der Waals surface area contributed by atoms with Crippen molar-refractivity contribution >= 4 is 11.6 Å². The zero-order valence-corrected chi connectivity index (χ0v) is 62.8. The second-order valence-electron chi connectivity index (χ2n) is 30.9. The highest BCUT2D eigenvalue weighted by molar-refractivity contribution is 6.30. The number of para-hydroxylation sites is 1. The third-order valence-electron chi connectivity index (χ3n) is 23.0. The van der Waals surface area contributed by atoms with Gasteiger partial charge >= 0.3 is 12.4 Å². The van der Waals surface area contributed by atoms with E-state index in [1.54, 1.807) is 13.0 Å². The highest BCUT2D eigenvalue weighted by Gasteiger charge is 2.47. The van der Waals surface area contributed by atoms with E-state index in [2.05, 4.69) is 89.9 Å². The summed E-state index contributed by atoms with van der Waals surface area (Å²) in [4.78, 5) is 33.1. The molecule has 1 N–H and O–H groups in total. The number of nitrogens with zero attached hydrogens (tertiary/aromatic N) is 10. The first-order chi connectivity index (χ1) is 53.0. The van der Waals surface area contributed by atoms with E-state index in [-0.39, 0.29) is 52.5 Å². The highest BCUT2D eigenvalue weighted by Crippen LogP contribution is 2.56. The minimum Gasteiger partial charge on any atom is -0.505 e. The van der Waals surface area contributed by atoms with Crippen LogP contribution in [0.3, 0.4) is 0 Å². The topological polar surface area (TPSA) is 147 Å². The molecule has 0 radical (unpaired) electrons. The number of phenolic OH excluding ortho intramolecular Hbond substituents is 1. The highest BCUT2D eigenvalue weighted by atomic mass is 35.5. The summed E-state index contributed by atoms with van der Waals surface area (Å²) in [5.41, 5.74) is 9.54. The second kappa shape index (κ2) is 29.7. The minimum atomic E-state index is -4.55. The van der Waals surface area contributed by atoms with E-state index in [1.807, 2.05) is 106 Å². The molecular weight excluding hydrogens is 1460 g/mol. The Bertz CT molecular complexity index is 5060. The van der Waals surface area contributed by atoms with Crippen LogP contribution in [0.4, 0.5) is 39.5 Å². The van der Waals surface area contributed by atoms with Gasteiger partial charge in [0.25, 0.3) is 0 Å². The fourth-order valence-corrected chi connectivity index (χ4v) is 18.0. The van der Waals surface area contributed by atoms with E-state index in [0.717, 1.165) is 132 Å². The van der Waals surface area contributed by atoms with Gasteiger partial charge in [0.15, 0.2) is 11.6 Å². The van der Waals surface area contributed by atoms with Crippen LogP contribution in [-0.4, -0.2) is 155 Å². The molecule has 5 fully saturated rings. The molecule has 20 rings (SSSR count). The number of likely N-dealkylation sites (N-methyl/N-ethyl adjacent to an activating group) is 5. The molecule has 5 saturated heterocycles. The van der Waals surface area contributed by atoms with Gasteiger partial charge in [0.2, 0.25) is 0 Å². The Morgan fingerprint density at radius 1 is 0.342 bits per heavy atom. The molecule has 5 aromatic heterocycles. The van der Waals surface area contributed by atoms with E-state index in [9.17, 15) is 44.6 Å². The van der Waals surface area contributed by atoms with Crippen molar-refractivity contribution in [2.24, 2.45) is 0 Å². The van der Waals surface area contributed by atoms with E-state index >= 15 is 0 Å². The predicted molar refractivity (Wildman–Crippen MR) is 399 cm³/mol. The molecule has 10 aromatic rings. The Labute approximate surface area is 641 Å². The largest absolute Gasteiger partial charge is 0.505 e. The first-order valence-electron chi connectivity index (χ1n) is 36.9. The van der Waals surface area contributed by atoms with Gasteiger partial charge in [0.1, 0.15) is 69.1 Å². The molecule has 0 spiro atoms. The fourth-order valence-electron chi connectivity index (χ4n) is 17.8. The van der Waals surface area contributed by atoms with Gasteiger partial charge < -0.3 is 53.3 Å². The average Bonchev–Trinajstić information content (AvgIpc) is 1.62. The summed E-state index contributed by atoms with van der Waals surface area (Å²) < 4.78 is 150. The molecule has 0 unspecified atom stereocenters. The van der Waals surface area contributed by atoms with Crippen LogP contribution < -0.4 is 23.7 Å². The number of aromatic hydroxyl groups is 1. The summed E-state index contributed by atoms with van der Waals surface area (Å²) in [6, 6.07) is 34.9. The number of alkyl halides is 6. The van der Waals surface area contributed by atoms with Crippen molar-refractivity contribution < 1.29 is 68.3 Å². The molecule has 16 nitrogen and oxygen atoms in total. The zero-order valence-electron chi connectivity index (χ0n) is 62.0. The van der Waals surface area contributed by atoms with Crippen molar-refractivity contribution in [3.63, 3.8) is 0 Å². The maximum atomic E-state index is 14.0. The minimum absolute atomic E-state index is 0.00443. The molecule has 0 aliphatic carbocycles. The molecule has 10 aliphatic rings. The van der Waals surface area contributed by atoms with Crippen LogP contribution in [0.15, 0.2) is 152 Å². The first-order valence-corrected chi connectivity index (χ1v) is 37.3. The summed E-state index contributed by atoms with van der Waals surface area (Å²) in [6.45, 7) is 14.1. The lowest BCUT2D eigenvalue weighted by Crippen LogP contribution is -2.15. The van der Waals surface area contributed by atoms with Gasteiger partial charge in [0.05, 0.1) is 39.6 Å². The molecular formula is C85H80ClF9N10O6. The van der Waals surface area contributed by atoms with Crippen LogP contribution in [0, 0.1) is 38.2 Å². The van der Waals surface area contributed by atoms with Gasteiger partial charge in [-0.3, -0.25) is 24.9 Å². The fraction of sp³-hybridized carbons (Fsp3) is 0.353. The van der Waals surface area contributed by atoms with Crippen LogP contribution in [-0.2, 0) is 12.4 Å². The van der Waals surface area contributed by atoms with E-state index in [1.165, 1.54) is 29.3 Å². The molecule has 26 heteroatoms. The number of hydrogen-bond acceptors (Lipinski definition) is 16. The van der Waals surface area contributed by atoms with Crippen molar-refractivity contribution in [1.82, 2.24) is 49.4 Å². The number of hydrogen-bond donors (Lipinski definition) is 1. The number of benzene rings is 5. The van der Waals surface area contributed by atoms with Crippen molar-refractivity contribution in [3.8, 4) is 63.2 Å². The number of aromatic nitrogens is 5. The Morgan fingerprint density at radius 2 is 0.676 bits per heavy atom. The van der Waals surface area contributed by atoms with Crippen LogP contribution in [0.2, 0.25) is 5.02 Å². The summed E-state index contributed by atoms with van der Waals surface area (Å²) in [7, 11) is 10.3. The molecule has 576 valence electrons. The zero-order chi connectivity index (χ0) is 77.8. The molecule has 10 atom stereocenters. The Kier molecular flexibility index (Phi) is 20.1. The lowest BCUT2D eigenvalue weighted by atomic mass is 9.85. The summed E-state index contributed by atoms with van der Waals surface area (Å²) in [5, 5.41) is 10.4. The quantitative estimate of drug-likeness (QED) is 0.143. The van der Waals surface area contributed by atoms with Crippen molar-refractivity contribution in [1.29, 1.82) is 0 Å². The molecule has 111 heavy (non-hydrogen) atoms. The van der Waals surface area contributed by atoms with E-state index in [4.69, 9.17) is 35.3 Å². The standard InChI is InChI=1S/C18H16F4N2O.C18H19FN2O.C17H14F4N2O2.C16H15ClN2O.C16H16N2O/c1-9-3-11-12-7-24(2)8-13(12)17-16(25-15(11)5-14(9)19)4-10(6-23-17)18(20,21)22;1-10-4-17-18(20-7-10)14-9-21(3)8-13(14)12-5-11(2)15(19)6-16(12)22-17;1-23-6-10-9-3-13(24)12(18)4-14(9)25-15-2-8(17(19,20)21)5-22-16(15)11(10)7-23;1-19-8-12-11-5-4-10(17)7-15(11)20-14-3-2-6-18-16(14)13(12)9-19;1-18-9-12-11-5-2-3-6-14(11)19-15-7-4-8-17-16(15)13(12)10-18/h3-6,12-13H,7-8H2,1-2H3;4-7,13-14H,8-9H2,1-3H3;2-5,10-11,24H,6-7H2,1H3;2-7,12-13H,8-9H2,1H3;2-8,12-13H,9-10H2,1H3/t12-,13-;13-,14-;10-,11-;2*12-,13-/m00000/s1. The summed E-state index contributed by atoms with van der Waals surface area (Å²) in [5.74, 6) is 5.29. The Morgan fingerprint density at radius 3 is 1.12 bits per heavy atom. The number of fused-ring (bicyclic) bond motifs is 25. The maximum absolute atomic E-state index is 14.0. The summed E-state index contributed by atoms with van der Waals surface area (Å²) >= 11 is 6.12. The Hall–Kier alpha value is -9.89. The number of phenols is 1. The lowest BCUT2D eigenvalue weighted by molar-refractivity contribution is -0.138. The maximum Gasteiger partial charge on any atom is 0.418 e. The Balaban J connectivity index is 0.000000106. The normalized spacial score (nSPS) is 23.4. The number of pyridine rings is 5. The molecule has 10 aliphatic heterocycles. The van der Waals surface area contributed by atoms with Gasteiger partial charge in [-0.05, 0) is 163 Å². The number of likely N-dealkylation sites (tertiary alicyclic amines) is 5. The smallest absolute Gasteiger partial charge is 0.418 e. The monoisotopic (exact) mass is 1540 g/mol. The second-order valence-corrected chi connectivity index (χ2v) is 31.3. The number of halogens is 10. The SMILES string of the molecule is CN1C[C@@H]2c3ncc(C(F)(F)F)cc3Oc3cc(F)c(O)cc3[C@@H]2C1.CN1C[C@@H]2c3ncccc3Oc3cc(Cl)ccc3[C@@H]2C1.CN1C[C@@H]2c3ncccc3Oc3ccccc3[C@@H]2C1.Cc1cc2c(cc1F)Oc1cc(C(F)(F)F)cnc1[C@H]1CN(C)C[C@@H]21.Cc1cnc2c(c1)Oc1cc(F)c(C)cc1[C@@H]1CN(C)C[C@H]21. The van der Waals surface area contributed by atoms with Crippen molar-refractivity contribution in [3.05, 3.63) is 259 Å². The van der Waals surface area contributed by atoms with E-state index in [0.29, 0.717) is 101 Å². The van der Waals surface area contributed by atoms with Gasteiger partial charge in [-0.1, -0.05) is 35.9 Å². The van der Waals surface area contributed by atoms with Gasteiger partial charge in [-0.2, -0.15) is 26.3 Å². The van der Waals surface area contributed by atoms with Gasteiger partial charge in [-0.25, -0.2) is 13.2 Å². The van der Waals surface area contributed by atoms with Crippen LogP contribution in [0.1, 0.15) is 143 Å². The van der Waals surface area contributed by atoms with Crippen LogP contribution in [0.25, 0.3) is 0 Å². The van der Waals surface area contributed by atoms with Crippen molar-refractivity contribution in [2.45, 2.75) is 92.3 Å². The average molecular weight is 1540 g/mol. The predicted octanol–water partition coefficient (Wildman–Crippen LogP) is 18.7. The number of aryl methyl sites for hydroxylation is 3. The van der Waals surface area contributed by atoms with Crippen LogP contribution >= 0.6 is 11.6 Å². The molecule has 0 amide bonds. The molecule has 0 saturated carbocycles. The molecule has 15 heterocycles. The first kappa shape index (κ1) is 75.2. The van der Waals surface area contributed by atoms with Gasteiger partial charge in [-0.15, -0.1) is 0 Å². The number of rotatable bonds is 0. The summed E-state index contributed by atoms with van der Waals surface area (Å²) in [6.07, 6.45) is -1.81. The molecule has 0 bridgehead atoms. The van der Waals surface area contributed by atoms with E-state index < -0.39 is 40.9 Å².